The topological polar surface area (TPSA) is 142 Å². The van der Waals surface area contributed by atoms with Crippen molar-refractivity contribution in [1.29, 1.82) is 0 Å². The number of anilines is 1. The molecule has 1 aromatic heterocycles. The number of rotatable bonds is 6. The Kier molecular flexibility index (Phi) is 6.07. The van der Waals surface area contributed by atoms with Gasteiger partial charge in [0.2, 0.25) is 0 Å². The number of hydrogen-bond acceptors (Lipinski definition) is 8. The molecule has 0 aliphatic carbocycles. The highest BCUT2D eigenvalue weighted by atomic mass is 32.1. The Labute approximate surface area is 179 Å². The molecule has 0 atom stereocenters. The standard InChI is InChI=1S/C20H15N3O7S/c1-11-16(12-6-4-3-5-7-12)17(20(25)30-2)19(31-11)21-18(24)13-8-14(22(26)27)10-15(9-13)23(28)29/h3-10H,1-2H3,(H,21,24). The number of nitrogens with one attached hydrogen (secondary N) is 1. The normalized spacial score (nSPS) is 10.4. The van der Waals surface area contributed by atoms with Crippen molar-refractivity contribution in [2.45, 2.75) is 6.92 Å². The zero-order valence-corrected chi connectivity index (χ0v) is 17.1. The monoisotopic (exact) mass is 441 g/mol. The zero-order valence-electron chi connectivity index (χ0n) is 16.3. The summed E-state index contributed by atoms with van der Waals surface area (Å²) in [7, 11) is 1.21. The molecule has 0 aliphatic rings. The van der Waals surface area contributed by atoms with Gasteiger partial charge in [0.1, 0.15) is 10.6 Å². The molecule has 1 N–H and O–H groups in total. The van der Waals surface area contributed by atoms with Gasteiger partial charge in [-0.1, -0.05) is 30.3 Å². The number of benzene rings is 2. The predicted molar refractivity (Wildman–Crippen MR) is 114 cm³/mol. The van der Waals surface area contributed by atoms with Crippen LogP contribution < -0.4 is 5.32 Å². The highest BCUT2D eigenvalue weighted by molar-refractivity contribution is 7.17. The molecule has 0 bridgehead atoms. The Morgan fingerprint density at radius 1 is 1.00 bits per heavy atom. The molecule has 0 saturated carbocycles. The minimum Gasteiger partial charge on any atom is -0.465 e. The molecule has 2 aromatic carbocycles. The summed E-state index contributed by atoms with van der Waals surface area (Å²) in [5, 5.41) is 24.9. The Balaban J connectivity index is 2.07. The molecule has 0 radical (unpaired) electrons. The third-order valence-corrected chi connectivity index (χ3v) is 5.37. The molecule has 3 rings (SSSR count). The minimum absolute atomic E-state index is 0.129. The maximum atomic E-state index is 12.8. The van der Waals surface area contributed by atoms with Gasteiger partial charge in [-0.2, -0.15) is 0 Å². The van der Waals surface area contributed by atoms with Crippen molar-refractivity contribution in [1.82, 2.24) is 0 Å². The van der Waals surface area contributed by atoms with Crippen LogP contribution >= 0.6 is 11.3 Å². The fraction of sp³-hybridized carbons (Fsp3) is 0.100. The molecule has 0 saturated heterocycles. The lowest BCUT2D eigenvalue weighted by Crippen LogP contribution is -2.14. The summed E-state index contributed by atoms with van der Waals surface area (Å²) in [6.07, 6.45) is 0. The second-order valence-corrected chi connectivity index (χ2v) is 7.53. The summed E-state index contributed by atoms with van der Waals surface area (Å²) in [6, 6.07) is 11.6. The van der Waals surface area contributed by atoms with Crippen LogP contribution in [0.1, 0.15) is 25.6 Å². The van der Waals surface area contributed by atoms with Crippen molar-refractivity contribution in [2.24, 2.45) is 0 Å². The zero-order chi connectivity index (χ0) is 22.7. The second kappa shape index (κ2) is 8.71. The minimum atomic E-state index is -0.835. The number of hydrogen-bond donors (Lipinski definition) is 1. The van der Waals surface area contributed by atoms with Gasteiger partial charge in [-0.3, -0.25) is 25.0 Å². The van der Waals surface area contributed by atoms with Crippen LogP contribution in [0.4, 0.5) is 16.4 Å². The first-order chi connectivity index (χ1) is 14.7. The third-order valence-electron chi connectivity index (χ3n) is 4.35. The van der Waals surface area contributed by atoms with E-state index < -0.39 is 33.1 Å². The van der Waals surface area contributed by atoms with Crippen LogP contribution in [-0.4, -0.2) is 28.8 Å². The van der Waals surface area contributed by atoms with Crippen molar-refractivity contribution in [2.75, 3.05) is 12.4 Å². The number of non-ortho nitro benzene ring substituents is 2. The van der Waals surface area contributed by atoms with Crippen molar-refractivity contribution >= 4 is 39.6 Å². The predicted octanol–water partition coefficient (Wildman–Crippen LogP) is 4.58. The van der Waals surface area contributed by atoms with E-state index in [1.165, 1.54) is 7.11 Å². The van der Waals surface area contributed by atoms with E-state index in [9.17, 15) is 29.8 Å². The van der Waals surface area contributed by atoms with Crippen LogP contribution in [0.3, 0.4) is 0 Å². The highest BCUT2D eigenvalue weighted by Gasteiger charge is 2.26. The Morgan fingerprint density at radius 3 is 2.10 bits per heavy atom. The molecule has 0 aliphatic heterocycles. The van der Waals surface area contributed by atoms with E-state index in [-0.39, 0.29) is 16.1 Å². The molecule has 1 amide bonds. The van der Waals surface area contributed by atoms with Crippen molar-refractivity contribution in [3.05, 3.63) is 84.8 Å². The number of nitrogens with zero attached hydrogens (tertiary/aromatic N) is 2. The number of methoxy groups -OCH3 is 1. The van der Waals surface area contributed by atoms with Gasteiger partial charge in [-0.25, -0.2) is 4.79 Å². The summed E-state index contributed by atoms with van der Waals surface area (Å²) < 4.78 is 4.88. The van der Waals surface area contributed by atoms with Crippen molar-refractivity contribution < 1.29 is 24.2 Å². The van der Waals surface area contributed by atoms with Gasteiger partial charge in [0.25, 0.3) is 17.3 Å². The lowest BCUT2D eigenvalue weighted by Gasteiger charge is -2.08. The first kappa shape index (κ1) is 21.6. The number of ether oxygens (including phenoxy) is 1. The fourth-order valence-corrected chi connectivity index (χ4v) is 4.05. The summed E-state index contributed by atoms with van der Waals surface area (Å²) in [5.74, 6) is -1.51. The molecule has 0 unspecified atom stereocenters. The number of carbonyl (C=O) groups excluding carboxylic acids is 2. The smallest absolute Gasteiger partial charge is 0.341 e. The van der Waals surface area contributed by atoms with Gasteiger partial charge in [0.05, 0.1) is 28.6 Å². The van der Waals surface area contributed by atoms with Crippen LogP contribution in [-0.2, 0) is 4.74 Å². The van der Waals surface area contributed by atoms with Crippen molar-refractivity contribution in [3.63, 3.8) is 0 Å². The number of amides is 1. The molecular weight excluding hydrogens is 426 g/mol. The van der Waals surface area contributed by atoms with E-state index in [4.69, 9.17) is 4.74 Å². The number of esters is 1. The number of thiophene rings is 1. The lowest BCUT2D eigenvalue weighted by molar-refractivity contribution is -0.394. The Morgan fingerprint density at radius 2 is 1.58 bits per heavy atom. The molecule has 0 spiro atoms. The lowest BCUT2D eigenvalue weighted by atomic mass is 10.0. The third kappa shape index (κ3) is 4.41. The van der Waals surface area contributed by atoms with Crippen LogP contribution in [0.25, 0.3) is 11.1 Å². The van der Waals surface area contributed by atoms with E-state index in [2.05, 4.69) is 5.32 Å². The van der Waals surface area contributed by atoms with Gasteiger partial charge in [0.15, 0.2) is 0 Å². The molecule has 11 heteroatoms. The second-order valence-electron chi connectivity index (χ2n) is 6.30. The maximum Gasteiger partial charge on any atom is 0.341 e. The van der Waals surface area contributed by atoms with Gasteiger partial charge < -0.3 is 10.1 Å². The van der Waals surface area contributed by atoms with Crippen LogP contribution in [0.5, 0.6) is 0 Å². The molecule has 10 nitrogen and oxygen atoms in total. The maximum absolute atomic E-state index is 12.8. The largest absolute Gasteiger partial charge is 0.465 e. The SMILES string of the molecule is COC(=O)c1c(NC(=O)c2cc([N+](=O)[O-])cc([N+](=O)[O-])c2)sc(C)c1-c1ccccc1. The van der Waals surface area contributed by atoms with E-state index in [1.807, 2.05) is 6.07 Å². The van der Waals surface area contributed by atoms with Crippen LogP contribution in [0.2, 0.25) is 0 Å². The Bertz CT molecular complexity index is 1170. The van der Waals surface area contributed by atoms with Crippen molar-refractivity contribution in [3.8, 4) is 11.1 Å². The van der Waals surface area contributed by atoms with E-state index in [0.717, 1.165) is 40.0 Å². The molecule has 0 fully saturated rings. The molecular formula is C20H15N3O7S. The summed E-state index contributed by atoms with van der Waals surface area (Å²) in [6.45, 7) is 1.77. The van der Waals surface area contributed by atoms with E-state index in [1.54, 1.807) is 31.2 Å². The number of carbonyl (C=O) groups is 2. The van der Waals surface area contributed by atoms with E-state index >= 15 is 0 Å². The molecule has 158 valence electrons. The average molecular weight is 441 g/mol. The quantitative estimate of drug-likeness (QED) is 0.335. The number of nitro groups is 2. The van der Waals surface area contributed by atoms with Crippen LogP contribution in [0.15, 0.2) is 48.5 Å². The van der Waals surface area contributed by atoms with Gasteiger partial charge in [0, 0.05) is 22.6 Å². The average Bonchev–Trinajstić information content (AvgIpc) is 3.08. The molecule has 3 aromatic rings. The van der Waals surface area contributed by atoms with Gasteiger partial charge >= 0.3 is 5.97 Å². The molecule has 1 heterocycles. The molecule has 31 heavy (non-hydrogen) atoms. The summed E-state index contributed by atoms with van der Waals surface area (Å²) in [4.78, 5) is 46.5. The highest BCUT2D eigenvalue weighted by Crippen LogP contribution is 2.40. The number of nitro benzene ring substituents is 2. The number of aryl methyl sites for hydroxylation is 1. The first-order valence-electron chi connectivity index (χ1n) is 8.75. The summed E-state index contributed by atoms with van der Waals surface area (Å²) >= 11 is 1.12. The fourth-order valence-electron chi connectivity index (χ4n) is 2.99. The summed E-state index contributed by atoms with van der Waals surface area (Å²) in [5.41, 5.74) is -0.0332. The van der Waals surface area contributed by atoms with Gasteiger partial charge in [-0.05, 0) is 12.5 Å². The van der Waals surface area contributed by atoms with Crippen LogP contribution in [0, 0.1) is 27.2 Å². The van der Waals surface area contributed by atoms with Gasteiger partial charge in [-0.15, -0.1) is 11.3 Å². The first-order valence-corrected chi connectivity index (χ1v) is 9.57. The Hall–Kier alpha value is -4.12. The van der Waals surface area contributed by atoms with E-state index in [0.29, 0.717) is 5.56 Å².